The van der Waals surface area contributed by atoms with Crippen molar-refractivity contribution in [1.29, 1.82) is 0 Å². The fourth-order valence-electron chi connectivity index (χ4n) is 1.63. The average Bonchev–Trinajstić information content (AvgIpc) is 2.75. The smallest absolute Gasteiger partial charge is 0.248 e. The maximum absolute atomic E-state index is 11.9. The summed E-state index contributed by atoms with van der Waals surface area (Å²) in [6.07, 6.45) is 0.136. The molecule has 0 aliphatic heterocycles. The summed E-state index contributed by atoms with van der Waals surface area (Å²) in [7, 11) is 1.54. The third kappa shape index (κ3) is 3.45. The van der Waals surface area contributed by atoms with Crippen LogP contribution in [0.4, 0.5) is 5.95 Å². The van der Waals surface area contributed by atoms with E-state index in [-0.39, 0.29) is 18.3 Å². The Bertz CT molecular complexity index is 597. The van der Waals surface area contributed by atoms with Crippen LogP contribution in [0.2, 0.25) is 5.02 Å². The van der Waals surface area contributed by atoms with Gasteiger partial charge in [0.15, 0.2) is 0 Å². The number of benzene rings is 1. The molecule has 0 fully saturated rings. The van der Waals surface area contributed by atoms with Crippen molar-refractivity contribution < 1.29 is 9.53 Å². The van der Waals surface area contributed by atoms with Gasteiger partial charge in [0.05, 0.1) is 13.5 Å². The van der Waals surface area contributed by atoms with Crippen LogP contribution in [0.5, 0.6) is 5.75 Å². The lowest BCUT2D eigenvalue weighted by Crippen LogP contribution is -2.16. The molecule has 0 aliphatic carbocycles. The predicted molar refractivity (Wildman–Crippen MR) is 71.5 cm³/mol. The van der Waals surface area contributed by atoms with Gasteiger partial charge in [-0.05, 0) is 25.1 Å². The standard InChI is InChI=1S/C12H13ClN4O2/c1-7-14-12(17-16-7)15-11(18)6-8-5-9(13)3-4-10(8)19-2/h3-5H,6H2,1-2H3,(H2,14,15,16,17,18). The second-order valence-electron chi connectivity index (χ2n) is 3.93. The highest BCUT2D eigenvalue weighted by atomic mass is 35.5. The predicted octanol–water partition coefficient (Wildman–Crippen LogP) is 1.96. The number of methoxy groups -OCH3 is 1. The van der Waals surface area contributed by atoms with Crippen molar-refractivity contribution in [2.75, 3.05) is 12.4 Å². The van der Waals surface area contributed by atoms with Gasteiger partial charge in [-0.1, -0.05) is 11.6 Å². The summed E-state index contributed by atoms with van der Waals surface area (Å²) >= 11 is 5.90. The van der Waals surface area contributed by atoms with Gasteiger partial charge >= 0.3 is 0 Å². The average molecular weight is 281 g/mol. The number of carbonyl (C=O) groups excluding carboxylic acids is 1. The number of nitrogens with zero attached hydrogens (tertiary/aromatic N) is 2. The first-order valence-electron chi connectivity index (χ1n) is 5.60. The van der Waals surface area contributed by atoms with Crippen LogP contribution in [-0.2, 0) is 11.2 Å². The number of rotatable bonds is 4. The Morgan fingerprint density at radius 1 is 1.53 bits per heavy atom. The summed E-state index contributed by atoms with van der Waals surface area (Å²) in [6, 6.07) is 5.13. The van der Waals surface area contributed by atoms with Crippen LogP contribution < -0.4 is 10.1 Å². The van der Waals surface area contributed by atoms with Crippen LogP contribution in [0.25, 0.3) is 0 Å². The highest BCUT2D eigenvalue weighted by Crippen LogP contribution is 2.23. The molecule has 0 spiro atoms. The van der Waals surface area contributed by atoms with E-state index in [2.05, 4.69) is 20.5 Å². The first-order valence-corrected chi connectivity index (χ1v) is 5.97. The van der Waals surface area contributed by atoms with E-state index in [9.17, 15) is 4.79 Å². The number of anilines is 1. The molecule has 0 atom stereocenters. The van der Waals surface area contributed by atoms with Gasteiger partial charge in [0, 0.05) is 10.6 Å². The monoisotopic (exact) mass is 280 g/mol. The molecule has 0 saturated carbocycles. The number of nitrogens with one attached hydrogen (secondary N) is 2. The van der Waals surface area contributed by atoms with Gasteiger partial charge in [0.1, 0.15) is 11.6 Å². The Kier molecular flexibility index (Phi) is 4.01. The highest BCUT2D eigenvalue weighted by molar-refractivity contribution is 6.30. The van der Waals surface area contributed by atoms with E-state index in [0.717, 1.165) is 0 Å². The number of hydrogen-bond acceptors (Lipinski definition) is 4. The molecular formula is C12H13ClN4O2. The SMILES string of the molecule is COc1ccc(Cl)cc1CC(=O)Nc1n[nH]c(C)n1. The molecular weight excluding hydrogens is 268 g/mol. The lowest BCUT2D eigenvalue weighted by Gasteiger charge is -2.08. The normalized spacial score (nSPS) is 10.3. The lowest BCUT2D eigenvalue weighted by atomic mass is 10.1. The van der Waals surface area contributed by atoms with E-state index in [0.29, 0.717) is 22.2 Å². The van der Waals surface area contributed by atoms with E-state index in [1.54, 1.807) is 32.2 Å². The molecule has 100 valence electrons. The van der Waals surface area contributed by atoms with Crippen molar-refractivity contribution in [3.63, 3.8) is 0 Å². The maximum Gasteiger partial charge on any atom is 0.248 e. The van der Waals surface area contributed by atoms with Gasteiger partial charge in [-0.3, -0.25) is 15.2 Å². The van der Waals surface area contributed by atoms with Gasteiger partial charge < -0.3 is 4.74 Å². The summed E-state index contributed by atoms with van der Waals surface area (Å²) in [4.78, 5) is 15.9. The Labute approximate surface area is 115 Å². The minimum atomic E-state index is -0.237. The Hall–Kier alpha value is -2.08. The first kappa shape index (κ1) is 13.4. The molecule has 0 unspecified atom stereocenters. The zero-order valence-electron chi connectivity index (χ0n) is 10.5. The molecule has 0 bridgehead atoms. The summed E-state index contributed by atoms with van der Waals surface area (Å²) in [5, 5.41) is 9.62. The number of hydrogen-bond donors (Lipinski definition) is 2. The second-order valence-corrected chi connectivity index (χ2v) is 4.36. The second kappa shape index (κ2) is 5.71. The number of H-pyrrole nitrogens is 1. The number of ether oxygens (including phenoxy) is 1. The number of carbonyl (C=O) groups is 1. The molecule has 2 aromatic rings. The lowest BCUT2D eigenvalue weighted by molar-refractivity contribution is -0.115. The molecule has 2 N–H and O–H groups in total. The van der Waals surface area contributed by atoms with Crippen molar-refractivity contribution >= 4 is 23.5 Å². The summed E-state index contributed by atoms with van der Waals surface area (Å²) < 4.78 is 5.18. The van der Waals surface area contributed by atoms with Crippen molar-refractivity contribution in [1.82, 2.24) is 15.2 Å². The van der Waals surface area contributed by atoms with Crippen LogP contribution in [0.1, 0.15) is 11.4 Å². The van der Waals surface area contributed by atoms with E-state index < -0.39 is 0 Å². The molecule has 6 nitrogen and oxygen atoms in total. The Morgan fingerprint density at radius 3 is 2.95 bits per heavy atom. The fourth-order valence-corrected chi connectivity index (χ4v) is 1.82. The number of aryl methyl sites for hydroxylation is 1. The first-order chi connectivity index (χ1) is 9.08. The zero-order valence-corrected chi connectivity index (χ0v) is 11.3. The van der Waals surface area contributed by atoms with Crippen molar-refractivity contribution in [2.45, 2.75) is 13.3 Å². The van der Waals surface area contributed by atoms with Crippen molar-refractivity contribution in [2.24, 2.45) is 0 Å². The van der Waals surface area contributed by atoms with Crippen LogP contribution in [0.15, 0.2) is 18.2 Å². The number of aromatic amines is 1. The van der Waals surface area contributed by atoms with Crippen molar-refractivity contribution in [3.8, 4) is 5.75 Å². The largest absolute Gasteiger partial charge is 0.496 e. The topological polar surface area (TPSA) is 79.9 Å². The minimum absolute atomic E-state index is 0.136. The summed E-state index contributed by atoms with van der Waals surface area (Å²) in [6.45, 7) is 1.75. The van der Waals surface area contributed by atoms with Gasteiger partial charge in [-0.2, -0.15) is 4.98 Å². The zero-order chi connectivity index (χ0) is 13.8. The molecule has 7 heteroatoms. The molecule has 1 aromatic heterocycles. The van der Waals surface area contributed by atoms with E-state index in [1.165, 1.54) is 0 Å². The third-order valence-electron chi connectivity index (χ3n) is 2.44. The molecule has 0 radical (unpaired) electrons. The quantitative estimate of drug-likeness (QED) is 0.897. The number of halogens is 1. The van der Waals surface area contributed by atoms with Gasteiger partial charge in [-0.15, -0.1) is 5.10 Å². The molecule has 1 aromatic carbocycles. The fraction of sp³-hybridized carbons (Fsp3) is 0.250. The maximum atomic E-state index is 11.9. The molecule has 19 heavy (non-hydrogen) atoms. The van der Waals surface area contributed by atoms with E-state index in [1.807, 2.05) is 0 Å². The molecule has 0 aliphatic rings. The third-order valence-corrected chi connectivity index (χ3v) is 2.68. The number of aromatic nitrogens is 3. The van der Waals surface area contributed by atoms with Crippen LogP contribution in [-0.4, -0.2) is 28.2 Å². The van der Waals surface area contributed by atoms with E-state index in [4.69, 9.17) is 16.3 Å². The number of amides is 1. The van der Waals surface area contributed by atoms with Gasteiger partial charge in [-0.25, -0.2) is 0 Å². The molecule has 0 saturated heterocycles. The summed E-state index contributed by atoms with van der Waals surface area (Å²) in [5.74, 6) is 1.27. The molecule has 1 amide bonds. The van der Waals surface area contributed by atoms with E-state index >= 15 is 0 Å². The van der Waals surface area contributed by atoms with Crippen LogP contribution in [0.3, 0.4) is 0 Å². The van der Waals surface area contributed by atoms with Gasteiger partial charge in [0.2, 0.25) is 11.9 Å². The summed E-state index contributed by atoms with van der Waals surface area (Å²) in [5.41, 5.74) is 0.708. The van der Waals surface area contributed by atoms with Gasteiger partial charge in [0.25, 0.3) is 0 Å². The van der Waals surface area contributed by atoms with Crippen LogP contribution in [0, 0.1) is 6.92 Å². The Balaban J connectivity index is 2.08. The van der Waals surface area contributed by atoms with Crippen LogP contribution >= 0.6 is 11.6 Å². The molecule has 2 rings (SSSR count). The van der Waals surface area contributed by atoms with Crippen molar-refractivity contribution in [3.05, 3.63) is 34.6 Å². The highest BCUT2D eigenvalue weighted by Gasteiger charge is 2.11. The minimum Gasteiger partial charge on any atom is -0.496 e. The Morgan fingerprint density at radius 2 is 2.32 bits per heavy atom. The molecule has 1 heterocycles.